The maximum absolute atomic E-state index is 12.2. The van der Waals surface area contributed by atoms with Gasteiger partial charge in [0.25, 0.3) is 0 Å². The van der Waals surface area contributed by atoms with E-state index in [1.807, 2.05) is 11.8 Å². The second kappa shape index (κ2) is 5.52. The molecule has 18 heavy (non-hydrogen) atoms. The average molecular weight is 251 g/mol. The fourth-order valence-electron chi connectivity index (χ4n) is 2.53. The van der Waals surface area contributed by atoms with E-state index in [0.29, 0.717) is 12.3 Å². The minimum atomic E-state index is -0.237. The first-order valence-corrected chi connectivity index (χ1v) is 6.55. The van der Waals surface area contributed by atoms with Crippen LogP contribution in [0.5, 0.6) is 0 Å². The first kappa shape index (κ1) is 13.1. The van der Waals surface area contributed by atoms with Crippen molar-refractivity contribution in [2.45, 2.75) is 26.2 Å². The minimum Gasteiger partial charge on any atom is -0.370 e. The second-order valence-corrected chi connectivity index (χ2v) is 5.24. The Labute approximate surface area is 107 Å². The topological polar surface area (TPSA) is 75.4 Å². The number of carbonyl (C=O) groups is 2. The molecule has 0 spiro atoms. The third kappa shape index (κ3) is 2.90. The summed E-state index contributed by atoms with van der Waals surface area (Å²) in [6, 6.07) is 0. The van der Waals surface area contributed by atoms with Crippen molar-refractivity contribution >= 4 is 11.8 Å². The van der Waals surface area contributed by atoms with Gasteiger partial charge in [-0.25, -0.2) is 0 Å². The van der Waals surface area contributed by atoms with Gasteiger partial charge < -0.3 is 16.0 Å². The van der Waals surface area contributed by atoms with Crippen molar-refractivity contribution in [3.8, 4) is 0 Å². The number of hydrogen-bond donors (Lipinski definition) is 2. The molecule has 5 heteroatoms. The summed E-state index contributed by atoms with van der Waals surface area (Å²) in [5.74, 6) is 0.271. The second-order valence-electron chi connectivity index (χ2n) is 5.24. The van der Waals surface area contributed by atoms with Gasteiger partial charge in [0.1, 0.15) is 0 Å². The van der Waals surface area contributed by atoms with Crippen molar-refractivity contribution in [1.29, 1.82) is 0 Å². The van der Waals surface area contributed by atoms with Gasteiger partial charge in [0.15, 0.2) is 0 Å². The number of nitrogens with zero attached hydrogens (tertiary/aromatic N) is 1. The number of primary amides is 1. The van der Waals surface area contributed by atoms with Crippen molar-refractivity contribution in [2.75, 3.05) is 26.2 Å². The Hall–Kier alpha value is -1.36. The predicted molar refractivity (Wildman–Crippen MR) is 68.7 cm³/mol. The number of piperidine rings is 1. The monoisotopic (exact) mass is 251 g/mol. The van der Waals surface area contributed by atoms with Gasteiger partial charge >= 0.3 is 0 Å². The van der Waals surface area contributed by atoms with Crippen LogP contribution in [-0.2, 0) is 9.59 Å². The van der Waals surface area contributed by atoms with Gasteiger partial charge in [-0.15, -0.1) is 0 Å². The molecular weight excluding hydrogens is 230 g/mol. The van der Waals surface area contributed by atoms with Crippen LogP contribution in [0, 0.1) is 5.92 Å². The lowest BCUT2D eigenvalue weighted by Crippen LogP contribution is -2.42. The van der Waals surface area contributed by atoms with E-state index in [0.717, 1.165) is 44.6 Å². The maximum Gasteiger partial charge on any atom is 0.249 e. The van der Waals surface area contributed by atoms with E-state index < -0.39 is 0 Å². The average Bonchev–Trinajstić information content (AvgIpc) is 2.26. The molecule has 5 nitrogen and oxygen atoms in total. The van der Waals surface area contributed by atoms with Gasteiger partial charge in [-0.2, -0.15) is 0 Å². The van der Waals surface area contributed by atoms with Crippen LogP contribution in [0.4, 0.5) is 0 Å². The predicted octanol–water partition coefficient (Wildman–Crippen LogP) is 0.0201. The Morgan fingerprint density at radius 3 is 2.39 bits per heavy atom. The molecule has 2 heterocycles. The van der Waals surface area contributed by atoms with Crippen molar-refractivity contribution in [3.05, 3.63) is 11.1 Å². The highest BCUT2D eigenvalue weighted by Gasteiger charge is 2.26. The highest BCUT2D eigenvalue weighted by molar-refractivity contribution is 5.94. The lowest BCUT2D eigenvalue weighted by atomic mass is 9.92. The van der Waals surface area contributed by atoms with E-state index in [9.17, 15) is 9.59 Å². The fraction of sp³-hybridized carbons (Fsp3) is 0.692. The molecule has 100 valence electrons. The molecule has 0 aromatic rings. The normalized spacial score (nSPS) is 20.5. The third-order valence-electron chi connectivity index (χ3n) is 3.92. The van der Waals surface area contributed by atoms with Gasteiger partial charge in [0, 0.05) is 38.2 Å². The lowest BCUT2D eigenvalue weighted by molar-refractivity contribution is -0.128. The molecule has 2 fully saturated rings. The maximum atomic E-state index is 12.2. The number of nitrogens with one attached hydrogen (secondary N) is 1. The van der Waals surface area contributed by atoms with Crippen LogP contribution in [0.15, 0.2) is 11.1 Å². The van der Waals surface area contributed by atoms with Crippen LogP contribution in [0.2, 0.25) is 0 Å². The van der Waals surface area contributed by atoms with Crippen molar-refractivity contribution in [3.63, 3.8) is 0 Å². The molecule has 2 aliphatic heterocycles. The molecule has 2 rings (SSSR count). The highest BCUT2D eigenvalue weighted by Crippen LogP contribution is 2.22. The molecular formula is C13H21N3O2. The number of hydrogen-bond acceptors (Lipinski definition) is 3. The number of likely N-dealkylation sites (tertiary alicyclic amines) is 1. The summed E-state index contributed by atoms with van der Waals surface area (Å²) in [7, 11) is 0. The van der Waals surface area contributed by atoms with Gasteiger partial charge in [-0.05, 0) is 31.3 Å². The summed E-state index contributed by atoms with van der Waals surface area (Å²) in [5, 5.41) is 3.15. The molecule has 0 atom stereocenters. The summed E-state index contributed by atoms with van der Waals surface area (Å²) in [4.78, 5) is 25.0. The number of nitrogens with two attached hydrogens (primary N) is 1. The molecule has 0 radical (unpaired) electrons. The molecule has 2 saturated heterocycles. The fourth-order valence-corrected chi connectivity index (χ4v) is 2.53. The van der Waals surface area contributed by atoms with Crippen molar-refractivity contribution < 1.29 is 9.59 Å². The quantitative estimate of drug-likeness (QED) is 0.694. The summed E-state index contributed by atoms with van der Waals surface area (Å²) in [5.41, 5.74) is 7.31. The van der Waals surface area contributed by atoms with E-state index in [1.165, 1.54) is 5.57 Å². The largest absolute Gasteiger partial charge is 0.370 e. The summed E-state index contributed by atoms with van der Waals surface area (Å²) in [6.45, 7) is 5.09. The third-order valence-corrected chi connectivity index (χ3v) is 3.92. The number of carbonyl (C=O) groups excluding carboxylic acids is 2. The zero-order valence-electron chi connectivity index (χ0n) is 10.9. The first-order valence-electron chi connectivity index (χ1n) is 6.55. The molecule has 0 aromatic heterocycles. The Kier molecular flexibility index (Phi) is 4.01. The van der Waals surface area contributed by atoms with Gasteiger partial charge in [0.05, 0.1) is 0 Å². The van der Waals surface area contributed by atoms with Crippen LogP contribution >= 0.6 is 0 Å². The van der Waals surface area contributed by atoms with Crippen LogP contribution in [0.1, 0.15) is 26.2 Å². The molecule has 0 unspecified atom stereocenters. The van der Waals surface area contributed by atoms with Crippen molar-refractivity contribution in [1.82, 2.24) is 10.2 Å². The van der Waals surface area contributed by atoms with Crippen molar-refractivity contribution in [2.24, 2.45) is 11.7 Å². The zero-order valence-corrected chi connectivity index (χ0v) is 10.9. The summed E-state index contributed by atoms with van der Waals surface area (Å²) in [6.07, 6.45) is 2.22. The SMILES string of the molecule is CC(C(=O)N1CCC(CC(N)=O)CC1)=C1CNC1. The van der Waals surface area contributed by atoms with Gasteiger partial charge in [0.2, 0.25) is 11.8 Å². The van der Waals surface area contributed by atoms with Crippen LogP contribution in [0.3, 0.4) is 0 Å². The standard InChI is InChI=1S/C13H21N3O2/c1-9(11-7-15-8-11)13(18)16-4-2-10(3-5-16)6-12(14)17/h10,15H,2-8H2,1H3,(H2,14,17). The smallest absolute Gasteiger partial charge is 0.249 e. The molecule has 0 aromatic carbocycles. The highest BCUT2D eigenvalue weighted by atomic mass is 16.2. The van der Waals surface area contributed by atoms with E-state index in [2.05, 4.69) is 5.32 Å². The van der Waals surface area contributed by atoms with E-state index in [4.69, 9.17) is 5.73 Å². The Bertz CT molecular complexity index is 376. The van der Waals surface area contributed by atoms with Crippen LogP contribution < -0.4 is 11.1 Å². The summed E-state index contributed by atoms with van der Waals surface area (Å²) >= 11 is 0. The molecule has 2 amide bonds. The Balaban J connectivity index is 1.86. The van der Waals surface area contributed by atoms with E-state index >= 15 is 0 Å². The van der Waals surface area contributed by atoms with E-state index in [-0.39, 0.29) is 11.8 Å². The Morgan fingerprint density at radius 2 is 1.94 bits per heavy atom. The zero-order chi connectivity index (χ0) is 13.1. The van der Waals surface area contributed by atoms with Gasteiger partial charge in [-0.3, -0.25) is 9.59 Å². The molecule has 0 saturated carbocycles. The number of amides is 2. The minimum absolute atomic E-state index is 0.157. The molecule has 0 aliphatic carbocycles. The van der Waals surface area contributed by atoms with Gasteiger partial charge in [-0.1, -0.05) is 0 Å². The molecule has 0 bridgehead atoms. The Morgan fingerprint density at radius 1 is 1.33 bits per heavy atom. The van der Waals surface area contributed by atoms with Crippen LogP contribution in [0.25, 0.3) is 0 Å². The first-order chi connectivity index (χ1) is 8.58. The molecule has 2 aliphatic rings. The molecule has 3 N–H and O–H groups in total. The number of rotatable bonds is 3. The summed E-state index contributed by atoms with van der Waals surface area (Å²) < 4.78 is 0. The lowest BCUT2D eigenvalue weighted by Gasteiger charge is -2.33. The van der Waals surface area contributed by atoms with Crippen LogP contribution in [-0.4, -0.2) is 42.9 Å². The van der Waals surface area contributed by atoms with E-state index in [1.54, 1.807) is 0 Å².